The summed E-state index contributed by atoms with van der Waals surface area (Å²) in [5.74, 6) is -2.35. The number of piperidine rings is 1. The van der Waals surface area contributed by atoms with E-state index in [2.05, 4.69) is 4.72 Å². The van der Waals surface area contributed by atoms with Gasteiger partial charge in [-0.3, -0.25) is 0 Å². The molecule has 124 valence electrons. The number of halogens is 4. The highest BCUT2D eigenvalue weighted by atomic mass is 32.2. The van der Waals surface area contributed by atoms with Gasteiger partial charge in [-0.2, -0.15) is 13.2 Å². The summed E-state index contributed by atoms with van der Waals surface area (Å²) < 4.78 is 77.7. The molecule has 1 aromatic rings. The third-order valence-electron chi connectivity index (χ3n) is 3.72. The average Bonchev–Trinajstić information content (AvgIpc) is 2.46. The zero-order valence-corrected chi connectivity index (χ0v) is 12.6. The van der Waals surface area contributed by atoms with Crippen molar-refractivity contribution in [3.05, 3.63) is 24.0 Å². The zero-order valence-electron chi connectivity index (χ0n) is 11.8. The van der Waals surface area contributed by atoms with Crippen molar-refractivity contribution < 1.29 is 26.0 Å². The molecule has 0 amide bonds. The fraction of sp³-hybridized carbons (Fsp3) is 0.538. The molecule has 0 aliphatic carbocycles. The van der Waals surface area contributed by atoms with Crippen LogP contribution < -0.4 is 9.62 Å². The smallest absolute Gasteiger partial charge is 0.369 e. The van der Waals surface area contributed by atoms with E-state index in [1.54, 1.807) is 0 Å². The van der Waals surface area contributed by atoms with Crippen LogP contribution in [0.5, 0.6) is 0 Å². The second-order valence-electron chi connectivity index (χ2n) is 5.15. The quantitative estimate of drug-likeness (QED) is 0.860. The van der Waals surface area contributed by atoms with E-state index in [1.165, 1.54) is 24.1 Å². The van der Waals surface area contributed by atoms with E-state index in [0.717, 1.165) is 6.07 Å². The van der Waals surface area contributed by atoms with Crippen molar-refractivity contribution >= 4 is 15.7 Å². The summed E-state index contributed by atoms with van der Waals surface area (Å²) in [7, 11) is -2.60. The van der Waals surface area contributed by atoms with E-state index in [-0.39, 0.29) is 23.5 Å². The molecule has 0 radical (unpaired) electrons. The molecule has 1 N–H and O–H groups in total. The van der Waals surface area contributed by atoms with Gasteiger partial charge in [-0.05, 0) is 38.1 Å². The number of alkyl halides is 3. The maximum atomic E-state index is 14.1. The molecule has 1 heterocycles. The van der Waals surface area contributed by atoms with Gasteiger partial charge in [0, 0.05) is 13.1 Å². The number of rotatable bonds is 3. The molecule has 0 unspecified atom stereocenters. The van der Waals surface area contributed by atoms with Crippen LogP contribution in [0, 0.1) is 11.7 Å². The molecule has 1 atom stereocenters. The number of nitrogens with one attached hydrogen (secondary N) is 1. The Morgan fingerprint density at radius 2 is 2.00 bits per heavy atom. The SMILES string of the molecule is CNS(=O)(=O)c1ccc(N2CCC[C@@H](C(F)(F)F)C2)c(F)c1. The normalized spacial score (nSPS) is 20.2. The summed E-state index contributed by atoms with van der Waals surface area (Å²) in [4.78, 5) is 1.05. The third kappa shape index (κ3) is 3.52. The van der Waals surface area contributed by atoms with E-state index in [9.17, 15) is 26.0 Å². The van der Waals surface area contributed by atoms with Gasteiger partial charge in [-0.15, -0.1) is 0 Å². The third-order valence-corrected chi connectivity index (χ3v) is 5.14. The highest BCUT2D eigenvalue weighted by molar-refractivity contribution is 7.89. The van der Waals surface area contributed by atoms with E-state index < -0.39 is 27.9 Å². The van der Waals surface area contributed by atoms with Gasteiger partial charge >= 0.3 is 6.18 Å². The van der Waals surface area contributed by atoms with Crippen molar-refractivity contribution in [3.8, 4) is 0 Å². The van der Waals surface area contributed by atoms with Gasteiger partial charge in [0.15, 0.2) is 0 Å². The summed E-state index contributed by atoms with van der Waals surface area (Å²) in [5.41, 5.74) is -0.0102. The first-order valence-electron chi connectivity index (χ1n) is 6.70. The van der Waals surface area contributed by atoms with Crippen LogP contribution in [0.25, 0.3) is 0 Å². The van der Waals surface area contributed by atoms with Gasteiger partial charge in [0.2, 0.25) is 10.0 Å². The Bertz CT molecular complexity index is 646. The molecule has 9 heteroatoms. The maximum absolute atomic E-state index is 14.1. The Kier molecular flexibility index (Phi) is 4.67. The fourth-order valence-electron chi connectivity index (χ4n) is 2.49. The lowest BCUT2D eigenvalue weighted by Crippen LogP contribution is -2.42. The Hall–Kier alpha value is -1.35. The highest BCUT2D eigenvalue weighted by Crippen LogP contribution is 2.35. The first-order valence-corrected chi connectivity index (χ1v) is 8.18. The Balaban J connectivity index is 2.26. The standard InChI is InChI=1S/C13H16F4N2O2S/c1-18-22(20,21)10-4-5-12(11(14)7-10)19-6-2-3-9(8-19)13(15,16)17/h4-5,7,9,18H,2-3,6,8H2,1H3/t9-/m1/s1. The lowest BCUT2D eigenvalue weighted by molar-refractivity contribution is -0.176. The van der Waals surface area contributed by atoms with E-state index >= 15 is 0 Å². The van der Waals surface area contributed by atoms with Crippen LogP contribution in [-0.4, -0.2) is 34.7 Å². The fourth-order valence-corrected chi connectivity index (χ4v) is 3.23. The molecule has 1 aromatic carbocycles. The summed E-state index contributed by atoms with van der Waals surface area (Å²) in [6.45, 7) is -0.0137. The van der Waals surface area contributed by atoms with Gasteiger partial charge in [0.1, 0.15) is 5.82 Å². The van der Waals surface area contributed by atoms with E-state index in [0.29, 0.717) is 13.0 Å². The Morgan fingerprint density at radius 3 is 2.55 bits per heavy atom. The molecule has 1 fully saturated rings. The van der Waals surface area contributed by atoms with E-state index in [1.807, 2.05) is 0 Å². The summed E-state index contributed by atoms with van der Waals surface area (Å²) in [5, 5.41) is 0. The summed E-state index contributed by atoms with van der Waals surface area (Å²) in [6, 6.07) is 3.21. The van der Waals surface area contributed by atoms with E-state index in [4.69, 9.17) is 0 Å². The molecule has 0 aromatic heterocycles. The van der Waals surface area contributed by atoms with Crippen LogP contribution in [0.2, 0.25) is 0 Å². The molecular formula is C13H16F4N2O2S. The number of anilines is 1. The van der Waals surface area contributed by atoms with Gasteiger partial charge in [-0.25, -0.2) is 17.5 Å². The van der Waals surface area contributed by atoms with Crippen LogP contribution in [0.4, 0.5) is 23.2 Å². The second-order valence-corrected chi connectivity index (χ2v) is 7.03. The van der Waals surface area contributed by atoms with Crippen LogP contribution >= 0.6 is 0 Å². The number of benzene rings is 1. The van der Waals surface area contributed by atoms with Crippen LogP contribution in [0.3, 0.4) is 0 Å². The summed E-state index contributed by atoms with van der Waals surface area (Å²) in [6.07, 6.45) is -3.99. The summed E-state index contributed by atoms with van der Waals surface area (Å²) >= 11 is 0. The number of sulfonamides is 1. The van der Waals surface area contributed by atoms with Crippen molar-refractivity contribution in [2.24, 2.45) is 5.92 Å². The maximum Gasteiger partial charge on any atom is 0.393 e. The van der Waals surface area contributed by atoms with Gasteiger partial charge < -0.3 is 4.90 Å². The average molecular weight is 340 g/mol. The van der Waals surface area contributed by atoms with Gasteiger partial charge in [-0.1, -0.05) is 0 Å². The predicted octanol–water partition coefficient (Wildman–Crippen LogP) is 2.51. The topological polar surface area (TPSA) is 49.4 Å². The molecule has 0 bridgehead atoms. The van der Waals surface area contributed by atoms with Gasteiger partial charge in [0.05, 0.1) is 16.5 Å². The van der Waals surface area contributed by atoms with Crippen LogP contribution in [-0.2, 0) is 10.0 Å². The molecule has 1 saturated heterocycles. The Labute approximate surface area is 126 Å². The molecule has 0 saturated carbocycles. The minimum Gasteiger partial charge on any atom is -0.369 e. The minimum atomic E-state index is -4.31. The van der Waals surface area contributed by atoms with Crippen molar-refractivity contribution in [1.29, 1.82) is 0 Å². The largest absolute Gasteiger partial charge is 0.393 e. The molecule has 1 aliphatic heterocycles. The minimum absolute atomic E-state index is 0.0102. The van der Waals surface area contributed by atoms with Crippen molar-refractivity contribution in [3.63, 3.8) is 0 Å². The lowest BCUT2D eigenvalue weighted by Gasteiger charge is -2.35. The monoisotopic (exact) mass is 340 g/mol. The molecule has 2 rings (SSSR count). The molecular weight excluding hydrogens is 324 g/mol. The molecule has 0 spiro atoms. The van der Waals surface area contributed by atoms with Crippen molar-refractivity contribution in [2.75, 3.05) is 25.0 Å². The first kappa shape index (κ1) is 17.0. The van der Waals surface area contributed by atoms with Crippen molar-refractivity contribution in [1.82, 2.24) is 4.72 Å². The lowest BCUT2D eigenvalue weighted by atomic mass is 9.97. The number of hydrogen-bond acceptors (Lipinski definition) is 3. The Morgan fingerprint density at radius 1 is 1.32 bits per heavy atom. The number of hydrogen-bond donors (Lipinski definition) is 1. The predicted molar refractivity (Wildman–Crippen MR) is 73.6 cm³/mol. The van der Waals surface area contributed by atoms with Crippen LogP contribution in [0.1, 0.15) is 12.8 Å². The zero-order chi connectivity index (χ0) is 16.5. The first-order chi connectivity index (χ1) is 10.1. The van der Waals surface area contributed by atoms with Crippen LogP contribution in [0.15, 0.2) is 23.1 Å². The van der Waals surface area contributed by atoms with Crippen molar-refractivity contribution in [2.45, 2.75) is 23.9 Å². The molecule has 1 aliphatic rings. The molecule has 4 nitrogen and oxygen atoms in total. The highest BCUT2D eigenvalue weighted by Gasteiger charge is 2.42. The van der Waals surface area contributed by atoms with Gasteiger partial charge in [0.25, 0.3) is 0 Å². The number of nitrogens with zero attached hydrogens (tertiary/aromatic N) is 1. The second kappa shape index (κ2) is 6.04. The molecule has 22 heavy (non-hydrogen) atoms.